The lowest BCUT2D eigenvalue weighted by Gasteiger charge is -2.40. The maximum Gasteiger partial charge on any atom is 0.250 e. The monoisotopic (exact) mass is 450 g/mol. The number of halogens is 2. The lowest BCUT2D eigenvalue weighted by Crippen LogP contribution is -2.47. The van der Waals surface area contributed by atoms with Crippen LogP contribution in [-0.2, 0) is 17.6 Å². The Hall–Kier alpha value is -1.87. The largest absolute Gasteiger partial charge is 0.474 e. The van der Waals surface area contributed by atoms with Crippen molar-refractivity contribution in [1.29, 1.82) is 0 Å². The fraction of sp³-hybridized carbons (Fsp3) is 0.682. The number of likely N-dealkylation sites (tertiary alicyclic amines) is 1. The van der Waals surface area contributed by atoms with Crippen LogP contribution in [0.15, 0.2) is 6.33 Å². The Bertz CT molecular complexity index is 964. The molecule has 1 atom stereocenters. The zero-order valence-electron chi connectivity index (χ0n) is 17.5. The molecule has 2 N–H and O–H groups in total. The molecule has 2 fully saturated rings. The van der Waals surface area contributed by atoms with E-state index in [1.54, 1.807) is 17.7 Å². The van der Waals surface area contributed by atoms with Gasteiger partial charge < -0.3 is 10.5 Å². The Labute approximate surface area is 184 Å². The zero-order valence-corrected chi connectivity index (χ0v) is 18.3. The molecular weight excluding hydrogens is 422 g/mol. The van der Waals surface area contributed by atoms with Gasteiger partial charge in [0.15, 0.2) is 0 Å². The summed E-state index contributed by atoms with van der Waals surface area (Å²) in [6.45, 7) is 0.968. The number of thiophene rings is 1. The third kappa shape index (κ3) is 4.26. The highest BCUT2D eigenvalue weighted by Gasteiger charge is 2.37. The van der Waals surface area contributed by atoms with E-state index in [1.165, 1.54) is 4.88 Å². The predicted octanol–water partition coefficient (Wildman–Crippen LogP) is 3.70. The number of piperidine rings is 1. The molecule has 3 heterocycles. The fourth-order valence-electron chi connectivity index (χ4n) is 5.31. The minimum Gasteiger partial charge on any atom is -0.474 e. The second-order valence-corrected chi connectivity index (χ2v) is 10.2. The summed E-state index contributed by atoms with van der Waals surface area (Å²) in [6.07, 6.45) is 7.48. The van der Waals surface area contributed by atoms with Gasteiger partial charge in [-0.25, -0.2) is 18.7 Å². The molecule has 1 unspecified atom stereocenters. The van der Waals surface area contributed by atoms with Crippen LogP contribution in [0.25, 0.3) is 10.2 Å². The number of fused-ring (bicyclic) bond motifs is 3. The van der Waals surface area contributed by atoms with Crippen LogP contribution in [0.3, 0.4) is 0 Å². The van der Waals surface area contributed by atoms with E-state index in [0.29, 0.717) is 31.4 Å². The minimum absolute atomic E-state index is 0.0299. The first-order chi connectivity index (χ1) is 14.9. The Morgan fingerprint density at radius 1 is 1.16 bits per heavy atom. The van der Waals surface area contributed by atoms with Crippen molar-refractivity contribution in [3.63, 3.8) is 0 Å². The summed E-state index contributed by atoms with van der Waals surface area (Å²) in [5, 5.41) is 0.939. The average molecular weight is 451 g/mol. The number of aryl methyl sites for hydroxylation is 1. The van der Waals surface area contributed by atoms with Gasteiger partial charge in [-0.3, -0.25) is 9.69 Å². The van der Waals surface area contributed by atoms with E-state index in [4.69, 9.17) is 10.5 Å². The lowest BCUT2D eigenvalue weighted by atomic mass is 9.87. The highest BCUT2D eigenvalue weighted by molar-refractivity contribution is 7.18. The second-order valence-electron chi connectivity index (χ2n) is 9.15. The molecule has 3 aliphatic rings. The van der Waals surface area contributed by atoms with Gasteiger partial charge in [-0.05, 0) is 50.5 Å². The molecule has 2 aromatic rings. The number of amides is 1. The number of rotatable bonds is 4. The molecule has 1 saturated carbocycles. The summed E-state index contributed by atoms with van der Waals surface area (Å²) in [5.41, 5.74) is 6.69. The molecule has 31 heavy (non-hydrogen) atoms. The maximum absolute atomic E-state index is 13.5. The van der Waals surface area contributed by atoms with E-state index in [-0.39, 0.29) is 30.8 Å². The number of aromatic nitrogens is 2. The summed E-state index contributed by atoms with van der Waals surface area (Å²) in [4.78, 5) is 25.0. The van der Waals surface area contributed by atoms with Crippen LogP contribution in [-0.4, -0.2) is 51.9 Å². The molecule has 5 rings (SSSR count). The summed E-state index contributed by atoms with van der Waals surface area (Å²) in [7, 11) is 0. The molecular formula is C22H28F2N4O2S. The summed E-state index contributed by atoms with van der Waals surface area (Å²) < 4.78 is 33.3. The molecule has 2 aliphatic carbocycles. The van der Waals surface area contributed by atoms with Gasteiger partial charge in [0.2, 0.25) is 11.8 Å². The van der Waals surface area contributed by atoms with Crippen molar-refractivity contribution < 1.29 is 18.3 Å². The van der Waals surface area contributed by atoms with Crippen LogP contribution >= 0.6 is 11.3 Å². The summed E-state index contributed by atoms with van der Waals surface area (Å²) >= 11 is 1.66. The Balaban J connectivity index is 1.27. The van der Waals surface area contributed by atoms with E-state index in [0.717, 1.165) is 54.3 Å². The van der Waals surface area contributed by atoms with Crippen LogP contribution in [0, 0.1) is 5.92 Å². The first kappa shape index (κ1) is 21.0. The first-order valence-corrected chi connectivity index (χ1v) is 12.0. The molecule has 1 saturated heterocycles. The van der Waals surface area contributed by atoms with Gasteiger partial charge in [-0.2, -0.15) is 0 Å². The Morgan fingerprint density at radius 3 is 2.61 bits per heavy atom. The number of hydrogen-bond donors (Lipinski definition) is 1. The lowest BCUT2D eigenvalue weighted by molar-refractivity contribution is -0.122. The van der Waals surface area contributed by atoms with E-state index in [2.05, 4.69) is 14.9 Å². The van der Waals surface area contributed by atoms with E-state index < -0.39 is 5.92 Å². The molecule has 2 aromatic heterocycles. The number of primary amides is 1. The van der Waals surface area contributed by atoms with Crippen LogP contribution in [0.4, 0.5) is 8.78 Å². The quantitative estimate of drug-likeness (QED) is 0.768. The zero-order chi connectivity index (χ0) is 21.6. The van der Waals surface area contributed by atoms with Gasteiger partial charge in [0, 0.05) is 42.8 Å². The summed E-state index contributed by atoms with van der Waals surface area (Å²) in [5.74, 6) is -2.29. The molecule has 0 spiro atoms. The normalized spacial score (nSPS) is 28.9. The predicted molar refractivity (Wildman–Crippen MR) is 115 cm³/mol. The number of carbonyl (C=O) groups is 1. The van der Waals surface area contributed by atoms with Crippen molar-refractivity contribution in [2.75, 3.05) is 13.1 Å². The van der Waals surface area contributed by atoms with Crippen LogP contribution in [0.5, 0.6) is 5.88 Å². The number of alkyl halides is 2. The number of ether oxygens (including phenoxy) is 1. The fourth-order valence-corrected chi connectivity index (χ4v) is 6.49. The van der Waals surface area contributed by atoms with Crippen molar-refractivity contribution in [2.45, 2.75) is 75.9 Å². The van der Waals surface area contributed by atoms with Crippen LogP contribution < -0.4 is 10.5 Å². The van der Waals surface area contributed by atoms with Crippen LogP contribution in [0.1, 0.15) is 55.4 Å². The molecule has 9 heteroatoms. The van der Waals surface area contributed by atoms with Crippen molar-refractivity contribution in [2.24, 2.45) is 11.7 Å². The second kappa shape index (κ2) is 8.24. The Morgan fingerprint density at radius 2 is 1.90 bits per heavy atom. The van der Waals surface area contributed by atoms with E-state index in [9.17, 15) is 13.6 Å². The Kier molecular flexibility index (Phi) is 5.58. The summed E-state index contributed by atoms with van der Waals surface area (Å²) in [6, 6.07) is 0.367. The number of hydrogen-bond acceptors (Lipinski definition) is 6. The van der Waals surface area contributed by atoms with E-state index in [1.807, 2.05) is 0 Å². The van der Waals surface area contributed by atoms with Crippen molar-refractivity contribution >= 4 is 27.5 Å². The molecule has 0 bridgehead atoms. The molecule has 0 aromatic carbocycles. The molecule has 1 aliphatic heterocycles. The molecule has 1 amide bonds. The maximum atomic E-state index is 13.5. The van der Waals surface area contributed by atoms with Gasteiger partial charge in [-0.1, -0.05) is 0 Å². The smallest absolute Gasteiger partial charge is 0.250 e. The highest BCUT2D eigenvalue weighted by Crippen LogP contribution is 2.41. The van der Waals surface area contributed by atoms with Gasteiger partial charge in [0.25, 0.3) is 5.92 Å². The van der Waals surface area contributed by atoms with Gasteiger partial charge in [-0.15, -0.1) is 11.3 Å². The standard InChI is InChI=1S/C22H28F2N4O2S/c23-22(24)7-9-28(10-8-22)14-2-4-15(5-3-14)30-20-18-16-11-13(19(25)29)1-6-17(16)31-21(18)27-12-26-20/h12-15H,1-11H2,(H2,25,29). The third-order valence-corrected chi connectivity index (χ3v) is 8.38. The van der Waals surface area contributed by atoms with Crippen molar-refractivity contribution in [3.8, 4) is 5.88 Å². The SMILES string of the molecule is NC(=O)C1CCc2sc3ncnc(OC4CCC(N5CCC(F)(F)CC5)CC4)c3c2C1. The minimum atomic E-state index is -2.50. The molecule has 168 valence electrons. The van der Waals surface area contributed by atoms with Gasteiger partial charge >= 0.3 is 0 Å². The highest BCUT2D eigenvalue weighted by atomic mass is 32.1. The average Bonchev–Trinajstić information content (AvgIpc) is 3.13. The van der Waals surface area contributed by atoms with Crippen molar-refractivity contribution in [1.82, 2.24) is 14.9 Å². The van der Waals surface area contributed by atoms with Gasteiger partial charge in [0.1, 0.15) is 17.3 Å². The number of carbonyl (C=O) groups excluding carboxylic acids is 1. The molecule has 0 radical (unpaired) electrons. The number of nitrogens with two attached hydrogens (primary N) is 1. The third-order valence-electron chi connectivity index (χ3n) is 7.18. The van der Waals surface area contributed by atoms with Crippen LogP contribution in [0.2, 0.25) is 0 Å². The molecule has 6 nitrogen and oxygen atoms in total. The first-order valence-electron chi connectivity index (χ1n) is 11.2. The number of nitrogens with zero attached hydrogens (tertiary/aromatic N) is 3. The van der Waals surface area contributed by atoms with Crippen molar-refractivity contribution in [3.05, 3.63) is 16.8 Å². The topological polar surface area (TPSA) is 81.3 Å². The van der Waals surface area contributed by atoms with E-state index >= 15 is 0 Å². The van der Waals surface area contributed by atoms with Gasteiger partial charge in [0.05, 0.1) is 5.39 Å².